The van der Waals surface area contributed by atoms with Gasteiger partial charge >= 0.3 is 6.36 Å². The molecule has 0 aliphatic heterocycles. The Morgan fingerprint density at radius 2 is 1.83 bits per heavy atom. The van der Waals surface area contributed by atoms with Gasteiger partial charge < -0.3 is 10.1 Å². The molecule has 0 bridgehead atoms. The lowest BCUT2D eigenvalue weighted by atomic mass is 10.0. The Balaban J connectivity index is 2.10. The third-order valence-electron chi connectivity index (χ3n) is 2.97. The Hall–Kier alpha value is -2.21. The van der Waals surface area contributed by atoms with Crippen LogP contribution in [0.2, 0.25) is 5.02 Å². The fourth-order valence-electron chi connectivity index (χ4n) is 1.96. The molecule has 0 aromatic heterocycles. The summed E-state index contributed by atoms with van der Waals surface area (Å²) in [5.74, 6) is -0.783. The summed E-state index contributed by atoms with van der Waals surface area (Å²) in [7, 11) is 0. The number of hydrogen-bond acceptors (Lipinski definition) is 3. The van der Waals surface area contributed by atoms with Crippen LogP contribution in [0.1, 0.15) is 17.3 Å². The van der Waals surface area contributed by atoms with E-state index in [2.05, 4.69) is 10.1 Å². The number of Topliss-reactive ketones (excluding diaryl/α,β-unsaturated/α-hetero) is 1. The summed E-state index contributed by atoms with van der Waals surface area (Å²) < 4.78 is 40.5. The number of ether oxygens (including phenoxy) is 1. The lowest BCUT2D eigenvalue weighted by Crippen LogP contribution is -2.26. The van der Waals surface area contributed by atoms with Gasteiger partial charge in [0.15, 0.2) is 5.78 Å². The van der Waals surface area contributed by atoms with E-state index in [0.29, 0.717) is 10.7 Å². The number of benzene rings is 2. The van der Waals surface area contributed by atoms with Gasteiger partial charge in [0.2, 0.25) is 0 Å². The van der Waals surface area contributed by atoms with Gasteiger partial charge in [-0.1, -0.05) is 23.7 Å². The van der Waals surface area contributed by atoms with Crippen LogP contribution >= 0.6 is 11.6 Å². The first kappa shape index (κ1) is 17.1. The number of carbonyl (C=O) groups excluding carboxylic acids is 1. The second-order valence-electron chi connectivity index (χ2n) is 4.81. The van der Waals surface area contributed by atoms with Gasteiger partial charge in [-0.3, -0.25) is 4.79 Å². The van der Waals surface area contributed by atoms with Gasteiger partial charge in [0.05, 0.1) is 6.04 Å². The van der Waals surface area contributed by atoms with E-state index in [0.717, 1.165) is 12.1 Å². The average Bonchev–Trinajstić information content (AvgIpc) is 2.47. The highest BCUT2D eigenvalue weighted by molar-refractivity contribution is 6.30. The minimum Gasteiger partial charge on any atom is -0.406 e. The normalized spacial score (nSPS) is 12.6. The fourth-order valence-corrected chi connectivity index (χ4v) is 2.08. The Kier molecular flexibility index (Phi) is 5.15. The molecule has 2 aromatic rings. The van der Waals surface area contributed by atoms with E-state index >= 15 is 0 Å². The van der Waals surface area contributed by atoms with Crippen LogP contribution in [0.25, 0.3) is 0 Å². The number of ketones is 1. The summed E-state index contributed by atoms with van der Waals surface area (Å²) in [6.07, 6.45) is -4.80. The van der Waals surface area contributed by atoms with Crippen LogP contribution in [0.4, 0.5) is 18.9 Å². The lowest BCUT2D eigenvalue weighted by Gasteiger charge is -2.15. The van der Waals surface area contributed by atoms with E-state index < -0.39 is 18.2 Å². The molecule has 1 atom stereocenters. The van der Waals surface area contributed by atoms with Crippen LogP contribution < -0.4 is 10.1 Å². The molecule has 0 aliphatic rings. The average molecular weight is 344 g/mol. The maximum Gasteiger partial charge on any atom is 0.573 e. The predicted molar refractivity (Wildman–Crippen MR) is 82.0 cm³/mol. The molecule has 2 aromatic carbocycles. The van der Waals surface area contributed by atoms with Crippen molar-refractivity contribution in [2.45, 2.75) is 19.3 Å². The van der Waals surface area contributed by atoms with Crippen molar-refractivity contribution < 1.29 is 22.7 Å². The van der Waals surface area contributed by atoms with Crippen molar-refractivity contribution in [2.24, 2.45) is 0 Å². The van der Waals surface area contributed by atoms with E-state index in [1.54, 1.807) is 31.2 Å². The molecule has 122 valence electrons. The Morgan fingerprint density at radius 3 is 2.43 bits per heavy atom. The first-order chi connectivity index (χ1) is 10.7. The van der Waals surface area contributed by atoms with Crippen molar-refractivity contribution in [1.82, 2.24) is 0 Å². The van der Waals surface area contributed by atoms with Crippen LogP contribution in [0.15, 0.2) is 48.5 Å². The summed E-state index contributed by atoms with van der Waals surface area (Å²) in [5, 5.41) is 3.53. The summed E-state index contributed by atoms with van der Waals surface area (Å²) in [6.45, 7) is 1.62. The van der Waals surface area contributed by atoms with Gasteiger partial charge in [0.25, 0.3) is 0 Å². The minimum atomic E-state index is -4.80. The SMILES string of the molecule is CC(Nc1ccc(Cl)cc1)C(=O)c1cccc(OC(F)(F)F)c1. The summed E-state index contributed by atoms with van der Waals surface area (Å²) >= 11 is 5.78. The Morgan fingerprint density at radius 1 is 1.17 bits per heavy atom. The number of rotatable bonds is 5. The van der Waals surface area contributed by atoms with Crippen molar-refractivity contribution >= 4 is 23.1 Å². The van der Waals surface area contributed by atoms with Crippen LogP contribution in [-0.2, 0) is 0 Å². The molecular formula is C16H13ClF3NO2. The second kappa shape index (κ2) is 6.91. The van der Waals surface area contributed by atoms with Gasteiger partial charge in [0.1, 0.15) is 5.75 Å². The molecule has 0 amide bonds. The first-order valence-corrected chi connectivity index (χ1v) is 7.04. The molecule has 1 N–H and O–H groups in total. The van der Waals surface area contributed by atoms with Gasteiger partial charge in [-0.25, -0.2) is 0 Å². The fraction of sp³-hybridized carbons (Fsp3) is 0.188. The number of hydrogen-bond donors (Lipinski definition) is 1. The van der Waals surface area contributed by atoms with Crippen LogP contribution in [-0.4, -0.2) is 18.2 Å². The number of halogens is 4. The topological polar surface area (TPSA) is 38.3 Å². The predicted octanol–water partition coefficient (Wildman–Crippen LogP) is 4.92. The van der Waals surface area contributed by atoms with E-state index in [1.165, 1.54) is 12.1 Å². The van der Waals surface area contributed by atoms with Crippen molar-refractivity contribution in [3.63, 3.8) is 0 Å². The summed E-state index contributed by atoms with van der Waals surface area (Å²) in [5.41, 5.74) is 0.804. The van der Waals surface area contributed by atoms with Crippen molar-refractivity contribution in [2.75, 3.05) is 5.32 Å². The molecule has 0 aliphatic carbocycles. The highest BCUT2D eigenvalue weighted by atomic mass is 35.5. The zero-order valence-electron chi connectivity index (χ0n) is 12.0. The van der Waals surface area contributed by atoms with E-state index in [4.69, 9.17) is 11.6 Å². The minimum absolute atomic E-state index is 0.126. The second-order valence-corrected chi connectivity index (χ2v) is 5.25. The smallest absolute Gasteiger partial charge is 0.406 e. The van der Waals surface area contributed by atoms with Crippen molar-refractivity contribution in [3.05, 3.63) is 59.1 Å². The monoisotopic (exact) mass is 343 g/mol. The molecule has 23 heavy (non-hydrogen) atoms. The third-order valence-corrected chi connectivity index (χ3v) is 3.22. The van der Waals surface area contributed by atoms with E-state index in [1.807, 2.05) is 0 Å². The molecule has 0 saturated carbocycles. The number of alkyl halides is 3. The maximum absolute atomic E-state index is 12.3. The van der Waals surface area contributed by atoms with Gasteiger partial charge in [-0.15, -0.1) is 13.2 Å². The van der Waals surface area contributed by atoms with Gasteiger partial charge in [0, 0.05) is 16.3 Å². The van der Waals surface area contributed by atoms with Crippen LogP contribution in [0.3, 0.4) is 0 Å². The molecule has 7 heteroatoms. The number of nitrogens with one attached hydrogen (secondary N) is 1. The standard InChI is InChI=1S/C16H13ClF3NO2/c1-10(21-13-7-5-12(17)6-8-13)15(22)11-3-2-4-14(9-11)23-16(18,19)20/h2-10,21H,1H3. The number of carbonyl (C=O) groups is 1. The van der Waals surface area contributed by atoms with Crippen LogP contribution in [0, 0.1) is 0 Å². The largest absolute Gasteiger partial charge is 0.573 e. The molecule has 0 fully saturated rings. The summed E-state index contributed by atoms with van der Waals surface area (Å²) in [6, 6.07) is 11.1. The van der Waals surface area contributed by atoms with E-state index in [-0.39, 0.29) is 11.3 Å². The molecule has 0 saturated heterocycles. The summed E-state index contributed by atoms with van der Waals surface area (Å²) in [4.78, 5) is 12.3. The quantitative estimate of drug-likeness (QED) is 0.783. The Bertz CT molecular complexity index is 686. The molecular weight excluding hydrogens is 331 g/mol. The first-order valence-electron chi connectivity index (χ1n) is 6.67. The van der Waals surface area contributed by atoms with Crippen molar-refractivity contribution in [3.8, 4) is 5.75 Å². The van der Waals surface area contributed by atoms with Gasteiger partial charge in [-0.05, 0) is 43.3 Å². The molecule has 2 rings (SSSR count). The maximum atomic E-state index is 12.3. The molecule has 3 nitrogen and oxygen atoms in total. The third kappa shape index (κ3) is 5.17. The molecule has 0 heterocycles. The molecule has 0 spiro atoms. The number of anilines is 1. The highest BCUT2D eigenvalue weighted by Gasteiger charge is 2.31. The van der Waals surface area contributed by atoms with E-state index in [9.17, 15) is 18.0 Å². The van der Waals surface area contributed by atoms with Crippen molar-refractivity contribution in [1.29, 1.82) is 0 Å². The zero-order chi connectivity index (χ0) is 17.0. The molecule has 1 unspecified atom stereocenters. The molecule has 0 radical (unpaired) electrons. The lowest BCUT2D eigenvalue weighted by molar-refractivity contribution is -0.274. The van der Waals surface area contributed by atoms with Crippen LogP contribution in [0.5, 0.6) is 5.75 Å². The highest BCUT2D eigenvalue weighted by Crippen LogP contribution is 2.24. The zero-order valence-corrected chi connectivity index (χ0v) is 12.8. The van der Waals surface area contributed by atoms with Gasteiger partial charge in [-0.2, -0.15) is 0 Å². The Labute approximate surface area is 136 Å².